The second-order valence-corrected chi connectivity index (χ2v) is 7.56. The highest BCUT2D eigenvalue weighted by molar-refractivity contribution is 6.30. The summed E-state index contributed by atoms with van der Waals surface area (Å²) in [6, 6.07) is 12.8. The molecule has 2 N–H and O–H groups in total. The first-order chi connectivity index (χ1) is 14.0. The Balaban J connectivity index is 1.33. The number of fused-ring (bicyclic) bond motifs is 1. The summed E-state index contributed by atoms with van der Waals surface area (Å²) in [6.45, 7) is 4.28. The number of halogens is 1. The maximum atomic E-state index is 12.8. The molecule has 0 bridgehead atoms. The van der Waals surface area contributed by atoms with Gasteiger partial charge < -0.3 is 15.2 Å². The molecule has 0 aliphatic carbocycles. The van der Waals surface area contributed by atoms with E-state index in [1.807, 2.05) is 42.2 Å². The molecule has 1 saturated heterocycles. The molecule has 1 aliphatic heterocycles. The van der Waals surface area contributed by atoms with E-state index in [1.54, 1.807) is 12.1 Å². The topological polar surface area (TPSA) is 81.3 Å². The molecule has 1 aliphatic rings. The van der Waals surface area contributed by atoms with E-state index in [9.17, 15) is 9.59 Å². The Morgan fingerprint density at radius 2 is 1.90 bits per heavy atom. The van der Waals surface area contributed by atoms with Crippen molar-refractivity contribution in [2.75, 3.05) is 31.5 Å². The summed E-state index contributed by atoms with van der Waals surface area (Å²) in [4.78, 5) is 36.5. The number of anilines is 1. The van der Waals surface area contributed by atoms with Crippen LogP contribution in [0.4, 0.5) is 5.82 Å². The fraction of sp³-hybridized carbons (Fsp3) is 0.286. The largest absolute Gasteiger partial charge is 0.351 e. The van der Waals surface area contributed by atoms with E-state index >= 15 is 0 Å². The summed E-state index contributed by atoms with van der Waals surface area (Å²) in [5.41, 5.74) is 1.55. The zero-order chi connectivity index (χ0) is 20.4. The van der Waals surface area contributed by atoms with Crippen LogP contribution in [0.3, 0.4) is 0 Å². The Kier molecular flexibility index (Phi) is 5.51. The summed E-state index contributed by atoms with van der Waals surface area (Å²) in [5, 5.41) is 4.35. The Morgan fingerprint density at radius 3 is 2.59 bits per heavy atom. The van der Waals surface area contributed by atoms with Crippen LogP contribution in [0.1, 0.15) is 17.4 Å². The monoisotopic (exact) mass is 411 g/mol. The number of nitrogens with one attached hydrogen (secondary N) is 2. The smallest absolute Gasteiger partial charge is 0.270 e. The summed E-state index contributed by atoms with van der Waals surface area (Å²) in [5.74, 6) is 0.331. The van der Waals surface area contributed by atoms with Gasteiger partial charge in [-0.1, -0.05) is 29.8 Å². The maximum Gasteiger partial charge on any atom is 0.270 e. The van der Waals surface area contributed by atoms with E-state index in [4.69, 9.17) is 11.6 Å². The van der Waals surface area contributed by atoms with E-state index < -0.39 is 0 Å². The molecule has 1 fully saturated rings. The Bertz CT molecular complexity index is 992. The van der Waals surface area contributed by atoms with Crippen LogP contribution in [0.5, 0.6) is 0 Å². The molecule has 2 aromatic heterocycles. The van der Waals surface area contributed by atoms with Gasteiger partial charge >= 0.3 is 0 Å². The Labute approximate surface area is 173 Å². The van der Waals surface area contributed by atoms with Crippen molar-refractivity contribution in [3.63, 3.8) is 0 Å². The van der Waals surface area contributed by atoms with E-state index in [0.29, 0.717) is 42.7 Å². The van der Waals surface area contributed by atoms with Gasteiger partial charge in [-0.05, 0) is 31.2 Å². The van der Waals surface area contributed by atoms with Gasteiger partial charge in [-0.3, -0.25) is 14.5 Å². The SMILES string of the molecule is CC(C(=O)Nc1ccc(Cl)cn1)N1CCN(C(=O)c2cc3ccccc3[nH]2)CC1. The number of H-pyrrole nitrogens is 1. The van der Waals surface area contributed by atoms with Crippen molar-refractivity contribution < 1.29 is 9.59 Å². The third-order valence-corrected chi connectivity index (χ3v) is 5.49. The van der Waals surface area contributed by atoms with Crippen LogP contribution in [0.25, 0.3) is 10.9 Å². The predicted octanol–water partition coefficient (Wildman–Crippen LogP) is 3.00. The minimum atomic E-state index is -0.321. The van der Waals surface area contributed by atoms with Crippen molar-refractivity contribution in [1.29, 1.82) is 0 Å². The van der Waals surface area contributed by atoms with Crippen molar-refractivity contribution in [2.45, 2.75) is 13.0 Å². The van der Waals surface area contributed by atoms with E-state index in [1.165, 1.54) is 6.20 Å². The number of hydrogen-bond donors (Lipinski definition) is 2. The maximum absolute atomic E-state index is 12.8. The number of rotatable bonds is 4. The zero-order valence-corrected chi connectivity index (χ0v) is 16.8. The summed E-state index contributed by atoms with van der Waals surface area (Å²) >= 11 is 5.82. The van der Waals surface area contributed by atoms with Gasteiger partial charge in [0.1, 0.15) is 11.5 Å². The number of hydrogen-bond acceptors (Lipinski definition) is 4. The first-order valence-electron chi connectivity index (χ1n) is 9.55. The minimum Gasteiger partial charge on any atom is -0.351 e. The van der Waals surface area contributed by atoms with Gasteiger partial charge in [0.2, 0.25) is 5.91 Å². The number of aromatic amines is 1. The average molecular weight is 412 g/mol. The van der Waals surface area contributed by atoms with Gasteiger partial charge in [-0.25, -0.2) is 4.98 Å². The van der Waals surface area contributed by atoms with Gasteiger partial charge in [-0.2, -0.15) is 0 Å². The average Bonchev–Trinajstić information content (AvgIpc) is 3.18. The molecule has 150 valence electrons. The number of carbonyl (C=O) groups is 2. The first-order valence-corrected chi connectivity index (χ1v) is 9.92. The molecule has 0 radical (unpaired) electrons. The lowest BCUT2D eigenvalue weighted by molar-refractivity contribution is -0.121. The third kappa shape index (κ3) is 4.26. The number of nitrogens with zero attached hydrogens (tertiary/aromatic N) is 3. The highest BCUT2D eigenvalue weighted by atomic mass is 35.5. The molecule has 1 atom stereocenters. The minimum absolute atomic E-state index is 0.0108. The molecule has 2 amide bonds. The number of carbonyl (C=O) groups excluding carboxylic acids is 2. The van der Waals surface area contributed by atoms with Crippen LogP contribution < -0.4 is 5.32 Å². The summed E-state index contributed by atoms with van der Waals surface area (Å²) in [6.07, 6.45) is 1.50. The van der Waals surface area contributed by atoms with Crippen molar-refractivity contribution in [3.8, 4) is 0 Å². The molecular formula is C21H22ClN5O2. The Hall–Kier alpha value is -2.90. The van der Waals surface area contributed by atoms with Gasteiger partial charge in [0.15, 0.2) is 0 Å². The lowest BCUT2D eigenvalue weighted by Gasteiger charge is -2.37. The van der Waals surface area contributed by atoms with E-state index in [-0.39, 0.29) is 17.9 Å². The zero-order valence-electron chi connectivity index (χ0n) is 16.1. The van der Waals surface area contributed by atoms with Gasteiger partial charge in [0.05, 0.1) is 11.1 Å². The van der Waals surface area contributed by atoms with Gasteiger partial charge in [-0.15, -0.1) is 0 Å². The van der Waals surface area contributed by atoms with Crippen molar-refractivity contribution in [1.82, 2.24) is 19.8 Å². The Morgan fingerprint density at radius 1 is 1.14 bits per heavy atom. The number of pyridine rings is 1. The van der Waals surface area contributed by atoms with Crippen LogP contribution in [-0.4, -0.2) is 63.8 Å². The second-order valence-electron chi connectivity index (χ2n) is 7.13. The second kappa shape index (κ2) is 8.23. The van der Waals surface area contributed by atoms with E-state index in [2.05, 4.69) is 20.2 Å². The lowest BCUT2D eigenvalue weighted by Crippen LogP contribution is -2.54. The molecular weight excluding hydrogens is 390 g/mol. The van der Waals surface area contributed by atoms with Crippen LogP contribution in [-0.2, 0) is 4.79 Å². The molecule has 1 aromatic carbocycles. The van der Waals surface area contributed by atoms with E-state index in [0.717, 1.165) is 10.9 Å². The molecule has 4 rings (SSSR count). The highest BCUT2D eigenvalue weighted by Gasteiger charge is 2.28. The molecule has 8 heteroatoms. The fourth-order valence-electron chi connectivity index (χ4n) is 3.52. The van der Waals surface area contributed by atoms with Crippen LogP contribution in [0, 0.1) is 0 Å². The van der Waals surface area contributed by atoms with Crippen molar-refractivity contribution in [3.05, 3.63) is 59.4 Å². The number of amides is 2. The predicted molar refractivity (Wildman–Crippen MR) is 113 cm³/mol. The number of piperazine rings is 1. The number of aromatic nitrogens is 2. The standard InChI is InChI=1S/C21H22ClN5O2/c1-14(20(28)25-19-7-6-16(22)13-23-19)26-8-10-27(11-9-26)21(29)18-12-15-4-2-3-5-17(15)24-18/h2-7,12-14,24H,8-11H2,1H3,(H,23,25,28). The van der Waals surface area contributed by atoms with Crippen LogP contribution >= 0.6 is 11.6 Å². The molecule has 1 unspecified atom stereocenters. The molecule has 7 nitrogen and oxygen atoms in total. The highest BCUT2D eigenvalue weighted by Crippen LogP contribution is 2.18. The van der Waals surface area contributed by atoms with Crippen molar-refractivity contribution >= 4 is 40.1 Å². The van der Waals surface area contributed by atoms with Crippen LogP contribution in [0.2, 0.25) is 5.02 Å². The third-order valence-electron chi connectivity index (χ3n) is 5.27. The molecule has 3 heterocycles. The van der Waals surface area contributed by atoms with Crippen LogP contribution in [0.15, 0.2) is 48.7 Å². The summed E-state index contributed by atoms with van der Waals surface area (Å²) in [7, 11) is 0. The van der Waals surface area contributed by atoms with Crippen molar-refractivity contribution in [2.24, 2.45) is 0 Å². The normalized spacial score (nSPS) is 16.0. The molecule has 3 aromatic rings. The quantitative estimate of drug-likeness (QED) is 0.691. The molecule has 0 spiro atoms. The van der Waals surface area contributed by atoms with Gasteiger partial charge in [0, 0.05) is 43.3 Å². The molecule has 0 saturated carbocycles. The number of para-hydroxylation sites is 1. The first kappa shape index (κ1) is 19.4. The molecule has 29 heavy (non-hydrogen) atoms. The number of benzene rings is 1. The fourth-order valence-corrected chi connectivity index (χ4v) is 3.63. The van der Waals surface area contributed by atoms with Gasteiger partial charge in [0.25, 0.3) is 5.91 Å². The summed E-state index contributed by atoms with van der Waals surface area (Å²) < 4.78 is 0. The lowest BCUT2D eigenvalue weighted by atomic mass is 10.2.